The second-order valence-electron chi connectivity index (χ2n) is 6.53. The summed E-state index contributed by atoms with van der Waals surface area (Å²) in [5.41, 5.74) is 1.28. The van der Waals surface area contributed by atoms with Gasteiger partial charge in [-0.2, -0.15) is 5.26 Å². The van der Waals surface area contributed by atoms with E-state index in [9.17, 15) is 13.7 Å². The van der Waals surface area contributed by atoms with Gasteiger partial charge in [0.15, 0.2) is 11.1 Å². The summed E-state index contributed by atoms with van der Waals surface area (Å²) in [6.07, 6.45) is 0. The summed E-state index contributed by atoms with van der Waals surface area (Å²) in [6, 6.07) is 15.0. The van der Waals surface area contributed by atoms with Gasteiger partial charge in [-0.15, -0.1) is 0 Å². The number of rotatable bonds is 4. The van der Waals surface area contributed by atoms with Crippen molar-refractivity contribution in [3.8, 4) is 6.07 Å². The normalized spacial score (nSPS) is 15.8. The van der Waals surface area contributed by atoms with E-state index in [2.05, 4.69) is 9.97 Å². The van der Waals surface area contributed by atoms with Crippen molar-refractivity contribution in [2.24, 2.45) is 0 Å². The zero-order chi connectivity index (χ0) is 20.4. The van der Waals surface area contributed by atoms with Crippen LogP contribution in [-0.4, -0.2) is 44.7 Å². The highest BCUT2D eigenvalue weighted by Crippen LogP contribution is 2.34. The minimum Gasteiger partial charge on any atom is -0.378 e. The number of para-hydroxylation sites is 2. The van der Waals surface area contributed by atoms with E-state index in [0.29, 0.717) is 43.2 Å². The Labute approximate surface area is 173 Å². The number of aromatic nitrogens is 2. The van der Waals surface area contributed by atoms with Crippen LogP contribution in [0.3, 0.4) is 0 Å². The number of hydrogen-bond acceptors (Lipinski definition) is 7. The van der Waals surface area contributed by atoms with Crippen LogP contribution >= 0.6 is 11.6 Å². The van der Waals surface area contributed by atoms with Crippen molar-refractivity contribution in [2.75, 3.05) is 31.2 Å². The molecule has 0 saturated carbocycles. The average Bonchev–Trinajstić information content (AvgIpc) is 2.74. The van der Waals surface area contributed by atoms with Crippen molar-refractivity contribution in [1.29, 1.82) is 5.26 Å². The van der Waals surface area contributed by atoms with Crippen molar-refractivity contribution < 1.29 is 13.2 Å². The van der Waals surface area contributed by atoms with Gasteiger partial charge in [0.05, 0.1) is 35.2 Å². The molecule has 0 N–H and O–H groups in total. The molecule has 1 aliphatic rings. The first-order valence-electron chi connectivity index (χ1n) is 8.99. The number of halogens is 1. The Morgan fingerprint density at radius 1 is 1.07 bits per heavy atom. The molecule has 0 aliphatic carbocycles. The monoisotopic (exact) mass is 428 g/mol. The predicted octanol–water partition coefficient (Wildman–Crippen LogP) is 3.16. The second-order valence-corrected chi connectivity index (χ2v) is 9.00. The minimum atomic E-state index is -4.06. The van der Waals surface area contributed by atoms with E-state index in [0.717, 1.165) is 0 Å². The highest BCUT2D eigenvalue weighted by Gasteiger charge is 2.35. The smallest absolute Gasteiger partial charge is 0.200 e. The lowest BCUT2D eigenvalue weighted by Gasteiger charge is -2.30. The Hall–Kier alpha value is -2.73. The van der Waals surface area contributed by atoms with Gasteiger partial charge in [0.25, 0.3) is 0 Å². The summed E-state index contributed by atoms with van der Waals surface area (Å²) in [5.74, 6) is 0.393. The van der Waals surface area contributed by atoms with E-state index in [1.807, 2.05) is 23.1 Å². The summed E-state index contributed by atoms with van der Waals surface area (Å²) in [5, 5.41) is 8.63. The molecule has 0 bridgehead atoms. The Morgan fingerprint density at radius 2 is 1.76 bits per heavy atom. The topological polar surface area (TPSA) is 96.2 Å². The first kappa shape index (κ1) is 19.6. The van der Waals surface area contributed by atoms with Gasteiger partial charge in [0.2, 0.25) is 9.84 Å². The molecule has 4 rings (SSSR count). The lowest BCUT2D eigenvalue weighted by Crippen LogP contribution is -2.38. The van der Waals surface area contributed by atoms with E-state index in [4.69, 9.17) is 16.3 Å². The van der Waals surface area contributed by atoms with Crippen LogP contribution in [0.15, 0.2) is 53.4 Å². The highest BCUT2D eigenvalue weighted by molar-refractivity contribution is 7.92. The van der Waals surface area contributed by atoms with Crippen LogP contribution in [0.4, 0.5) is 5.82 Å². The average molecular weight is 429 g/mol. The first-order valence-corrected chi connectivity index (χ1v) is 10.9. The van der Waals surface area contributed by atoms with Crippen LogP contribution in [0.1, 0.15) is 10.9 Å². The number of sulfone groups is 1. The van der Waals surface area contributed by atoms with E-state index in [-0.39, 0.29) is 15.6 Å². The van der Waals surface area contributed by atoms with E-state index in [1.165, 1.54) is 12.1 Å². The molecule has 3 aromatic rings. The lowest BCUT2D eigenvalue weighted by molar-refractivity contribution is 0.122. The number of benzene rings is 2. The summed E-state index contributed by atoms with van der Waals surface area (Å²) in [6.45, 7) is 2.06. The van der Waals surface area contributed by atoms with Crippen LogP contribution in [0.25, 0.3) is 11.0 Å². The third-order valence-corrected chi connectivity index (χ3v) is 6.78. The Morgan fingerprint density at radius 3 is 2.41 bits per heavy atom. The van der Waals surface area contributed by atoms with Crippen LogP contribution in [-0.2, 0) is 14.6 Å². The summed E-state index contributed by atoms with van der Waals surface area (Å²) < 4.78 is 32.0. The quantitative estimate of drug-likeness (QED) is 0.629. The number of morpholine rings is 1. The van der Waals surface area contributed by atoms with Gasteiger partial charge in [-0.1, -0.05) is 29.8 Å². The third-order valence-electron chi connectivity index (χ3n) is 4.69. The van der Waals surface area contributed by atoms with Crippen molar-refractivity contribution in [2.45, 2.75) is 10.1 Å². The van der Waals surface area contributed by atoms with Crippen molar-refractivity contribution in [3.05, 3.63) is 59.2 Å². The molecular formula is C20H17ClN4O3S. The first-order chi connectivity index (χ1) is 14.0. The maximum Gasteiger partial charge on any atom is 0.200 e. The molecule has 1 fully saturated rings. The molecule has 2 heterocycles. The number of hydrogen-bond donors (Lipinski definition) is 0. The van der Waals surface area contributed by atoms with Crippen LogP contribution < -0.4 is 4.90 Å². The second kappa shape index (κ2) is 7.95. The maximum atomic E-state index is 13.3. The molecule has 0 amide bonds. The molecule has 1 saturated heterocycles. The van der Waals surface area contributed by atoms with Crippen LogP contribution in [0.5, 0.6) is 0 Å². The van der Waals surface area contributed by atoms with Gasteiger partial charge in [0.1, 0.15) is 5.69 Å². The highest BCUT2D eigenvalue weighted by atomic mass is 35.5. The summed E-state index contributed by atoms with van der Waals surface area (Å²) in [7, 11) is -4.06. The van der Waals surface area contributed by atoms with Gasteiger partial charge in [-0.25, -0.2) is 18.4 Å². The Bertz CT molecular complexity index is 1200. The number of anilines is 1. The van der Waals surface area contributed by atoms with Gasteiger partial charge in [-0.05, 0) is 30.3 Å². The third kappa shape index (κ3) is 3.77. The van der Waals surface area contributed by atoms with Crippen LogP contribution in [0.2, 0.25) is 5.02 Å². The van der Waals surface area contributed by atoms with Gasteiger partial charge < -0.3 is 9.64 Å². The molecule has 1 aliphatic heterocycles. The zero-order valence-electron chi connectivity index (χ0n) is 15.3. The molecule has 0 spiro atoms. The molecule has 2 aromatic carbocycles. The van der Waals surface area contributed by atoms with Gasteiger partial charge in [0, 0.05) is 18.1 Å². The predicted molar refractivity (Wildman–Crippen MR) is 110 cm³/mol. The van der Waals surface area contributed by atoms with Crippen molar-refractivity contribution >= 4 is 38.3 Å². The number of nitriles is 1. The Balaban J connectivity index is 1.91. The largest absolute Gasteiger partial charge is 0.378 e. The molecule has 148 valence electrons. The molecule has 1 unspecified atom stereocenters. The molecular weight excluding hydrogens is 412 g/mol. The number of ether oxygens (including phenoxy) is 1. The standard InChI is InChI=1S/C20H17ClN4O3S/c21-14-4-3-5-15(12-14)29(26,27)18(13-22)19-20(25-8-10-28-11-9-25)24-17-7-2-1-6-16(17)23-19/h1-7,12,18H,8-11H2. The summed E-state index contributed by atoms with van der Waals surface area (Å²) >= 11 is 5.98. The minimum absolute atomic E-state index is 0.0283. The Kier molecular flexibility index (Phi) is 5.37. The van der Waals surface area contributed by atoms with Crippen molar-refractivity contribution in [3.63, 3.8) is 0 Å². The molecule has 0 radical (unpaired) electrons. The molecule has 29 heavy (non-hydrogen) atoms. The molecule has 7 nitrogen and oxygen atoms in total. The van der Waals surface area contributed by atoms with Crippen LogP contribution in [0, 0.1) is 11.3 Å². The summed E-state index contributed by atoms with van der Waals surface area (Å²) in [4.78, 5) is 11.1. The van der Waals surface area contributed by atoms with E-state index < -0.39 is 15.1 Å². The van der Waals surface area contributed by atoms with Gasteiger partial charge in [-0.3, -0.25) is 0 Å². The lowest BCUT2D eigenvalue weighted by atomic mass is 10.2. The number of fused-ring (bicyclic) bond motifs is 1. The molecule has 1 aromatic heterocycles. The zero-order valence-corrected chi connectivity index (χ0v) is 16.9. The molecule has 1 atom stereocenters. The fourth-order valence-corrected chi connectivity index (χ4v) is 4.92. The fourth-order valence-electron chi connectivity index (χ4n) is 3.25. The number of nitrogens with zero attached hydrogens (tertiary/aromatic N) is 4. The molecule has 9 heteroatoms. The maximum absolute atomic E-state index is 13.3. The van der Waals surface area contributed by atoms with E-state index >= 15 is 0 Å². The van der Waals surface area contributed by atoms with E-state index in [1.54, 1.807) is 24.3 Å². The SMILES string of the molecule is N#CC(c1nc2ccccc2nc1N1CCOCC1)S(=O)(=O)c1cccc(Cl)c1. The van der Waals surface area contributed by atoms with Gasteiger partial charge >= 0.3 is 0 Å². The van der Waals surface area contributed by atoms with Crippen molar-refractivity contribution in [1.82, 2.24) is 9.97 Å². The fraction of sp³-hybridized carbons (Fsp3) is 0.250.